The van der Waals surface area contributed by atoms with Gasteiger partial charge >= 0.3 is 5.97 Å². The molecule has 1 aliphatic heterocycles. The van der Waals surface area contributed by atoms with Crippen LogP contribution in [0.15, 0.2) is 46.3 Å². The monoisotopic (exact) mass is 302 g/mol. The Kier molecular flexibility index (Phi) is 4.36. The Morgan fingerprint density at radius 3 is 2.77 bits per heavy atom. The van der Waals surface area contributed by atoms with Gasteiger partial charge in [-0.1, -0.05) is 12.1 Å². The molecule has 0 atom stereocenters. The van der Waals surface area contributed by atoms with Crippen molar-refractivity contribution < 1.29 is 19.6 Å². The zero-order valence-electron chi connectivity index (χ0n) is 12.1. The lowest BCUT2D eigenvalue weighted by molar-refractivity contribution is -0.385. The van der Waals surface area contributed by atoms with Crippen LogP contribution < -0.4 is 0 Å². The number of aliphatic imine (C=N–C) groups is 1. The molecule has 1 aromatic carbocycles. The van der Waals surface area contributed by atoms with Crippen LogP contribution in [0.4, 0.5) is 5.69 Å². The molecule has 0 fully saturated rings. The maximum atomic E-state index is 11.8. The van der Waals surface area contributed by atoms with Crippen LogP contribution in [-0.4, -0.2) is 28.3 Å². The molecule has 2 rings (SSSR count). The van der Waals surface area contributed by atoms with E-state index in [0.717, 1.165) is 0 Å². The standard InChI is InChI=1S/C15H14N2O5/c1-3-22-15(19)13-9(2)16-11(14(13)18)8-10-6-4-5-7-12(10)17(20)21/h4-8,18H,3H2,1-2H3/b11-8+. The van der Waals surface area contributed by atoms with Crippen LogP contribution in [0.25, 0.3) is 6.08 Å². The number of aliphatic hydroxyl groups is 1. The number of aliphatic hydroxyl groups excluding tert-OH is 1. The van der Waals surface area contributed by atoms with Gasteiger partial charge in [-0.05, 0) is 26.0 Å². The van der Waals surface area contributed by atoms with Gasteiger partial charge in [0.05, 0.1) is 22.8 Å². The molecule has 114 valence electrons. The van der Waals surface area contributed by atoms with Crippen LogP contribution in [0, 0.1) is 10.1 Å². The summed E-state index contributed by atoms with van der Waals surface area (Å²) in [5.41, 5.74) is 0.554. The van der Waals surface area contributed by atoms with Gasteiger partial charge in [-0.25, -0.2) is 9.79 Å². The van der Waals surface area contributed by atoms with Crippen LogP contribution in [0.2, 0.25) is 0 Å². The highest BCUT2D eigenvalue weighted by Gasteiger charge is 2.28. The zero-order valence-corrected chi connectivity index (χ0v) is 12.1. The number of esters is 1. The summed E-state index contributed by atoms with van der Waals surface area (Å²) in [7, 11) is 0. The fourth-order valence-corrected chi connectivity index (χ4v) is 2.06. The van der Waals surface area contributed by atoms with Crippen molar-refractivity contribution in [1.82, 2.24) is 0 Å². The van der Waals surface area contributed by atoms with Gasteiger partial charge in [0.25, 0.3) is 5.69 Å². The molecule has 22 heavy (non-hydrogen) atoms. The number of ether oxygens (including phenoxy) is 1. The average Bonchev–Trinajstić information content (AvgIpc) is 2.74. The van der Waals surface area contributed by atoms with Gasteiger partial charge in [-0.15, -0.1) is 0 Å². The molecule has 1 aliphatic rings. The molecule has 0 radical (unpaired) electrons. The molecule has 0 unspecified atom stereocenters. The van der Waals surface area contributed by atoms with Crippen LogP contribution in [-0.2, 0) is 9.53 Å². The summed E-state index contributed by atoms with van der Waals surface area (Å²) >= 11 is 0. The van der Waals surface area contributed by atoms with E-state index in [-0.39, 0.29) is 34.9 Å². The first kappa shape index (κ1) is 15.4. The number of nitro groups is 1. The third-order valence-electron chi connectivity index (χ3n) is 3.03. The van der Waals surface area contributed by atoms with Gasteiger partial charge < -0.3 is 9.84 Å². The fourth-order valence-electron chi connectivity index (χ4n) is 2.06. The highest BCUT2D eigenvalue weighted by atomic mass is 16.6. The first-order valence-corrected chi connectivity index (χ1v) is 6.57. The normalized spacial score (nSPS) is 15.9. The Morgan fingerprint density at radius 2 is 2.14 bits per heavy atom. The number of hydrogen-bond acceptors (Lipinski definition) is 6. The summed E-state index contributed by atoms with van der Waals surface area (Å²) in [4.78, 5) is 26.3. The molecule has 0 aromatic heterocycles. The summed E-state index contributed by atoms with van der Waals surface area (Å²) in [5, 5.41) is 21.1. The Bertz CT molecular complexity index is 731. The summed E-state index contributed by atoms with van der Waals surface area (Å²) in [5.74, 6) is -1.01. The maximum Gasteiger partial charge on any atom is 0.343 e. The number of carbonyl (C=O) groups is 1. The third-order valence-corrected chi connectivity index (χ3v) is 3.03. The van der Waals surface area contributed by atoms with Crippen molar-refractivity contribution >= 4 is 23.4 Å². The van der Waals surface area contributed by atoms with Crippen LogP contribution in [0.3, 0.4) is 0 Å². The van der Waals surface area contributed by atoms with E-state index in [1.807, 2.05) is 0 Å². The van der Waals surface area contributed by atoms with Crippen molar-refractivity contribution in [2.45, 2.75) is 13.8 Å². The Balaban J connectivity index is 2.47. The van der Waals surface area contributed by atoms with Gasteiger partial charge in [0, 0.05) is 6.07 Å². The molecular weight excluding hydrogens is 288 g/mol. The topological polar surface area (TPSA) is 102 Å². The second-order valence-electron chi connectivity index (χ2n) is 4.49. The van der Waals surface area contributed by atoms with E-state index >= 15 is 0 Å². The Hall–Kier alpha value is -2.96. The molecule has 1 heterocycles. The third kappa shape index (κ3) is 2.88. The van der Waals surface area contributed by atoms with Crippen molar-refractivity contribution in [2.24, 2.45) is 4.99 Å². The molecule has 0 saturated heterocycles. The highest BCUT2D eigenvalue weighted by Crippen LogP contribution is 2.29. The van der Waals surface area contributed by atoms with E-state index in [4.69, 9.17) is 4.74 Å². The zero-order chi connectivity index (χ0) is 16.3. The lowest BCUT2D eigenvalue weighted by Gasteiger charge is -2.03. The minimum atomic E-state index is -0.674. The summed E-state index contributed by atoms with van der Waals surface area (Å²) < 4.78 is 4.85. The predicted octanol–water partition coefficient (Wildman–Crippen LogP) is 2.79. The van der Waals surface area contributed by atoms with Crippen LogP contribution in [0.1, 0.15) is 19.4 Å². The highest BCUT2D eigenvalue weighted by molar-refractivity contribution is 6.22. The number of hydrogen-bond donors (Lipinski definition) is 1. The van der Waals surface area contributed by atoms with Crippen LogP contribution >= 0.6 is 0 Å². The van der Waals surface area contributed by atoms with Crippen molar-refractivity contribution in [3.63, 3.8) is 0 Å². The number of carbonyl (C=O) groups excluding carboxylic acids is 1. The molecule has 0 spiro atoms. The van der Waals surface area contributed by atoms with Crippen molar-refractivity contribution in [3.8, 4) is 0 Å². The van der Waals surface area contributed by atoms with Gasteiger partial charge in [0.2, 0.25) is 0 Å². The van der Waals surface area contributed by atoms with E-state index in [9.17, 15) is 20.0 Å². The Morgan fingerprint density at radius 1 is 1.45 bits per heavy atom. The minimum absolute atomic E-state index is 0.0216. The smallest absolute Gasteiger partial charge is 0.343 e. The second kappa shape index (κ2) is 6.21. The number of benzene rings is 1. The second-order valence-corrected chi connectivity index (χ2v) is 4.49. The number of nitrogens with zero attached hydrogens (tertiary/aromatic N) is 2. The minimum Gasteiger partial charge on any atom is -0.505 e. The van der Waals surface area contributed by atoms with Crippen LogP contribution in [0.5, 0.6) is 0 Å². The largest absolute Gasteiger partial charge is 0.505 e. The maximum absolute atomic E-state index is 11.8. The van der Waals surface area contributed by atoms with E-state index in [1.54, 1.807) is 26.0 Å². The van der Waals surface area contributed by atoms with E-state index in [2.05, 4.69) is 4.99 Å². The average molecular weight is 302 g/mol. The van der Waals surface area contributed by atoms with Gasteiger partial charge in [0.15, 0.2) is 5.76 Å². The summed E-state index contributed by atoms with van der Waals surface area (Å²) in [6.07, 6.45) is 1.36. The first-order valence-electron chi connectivity index (χ1n) is 6.57. The number of para-hydroxylation sites is 1. The molecule has 0 bridgehead atoms. The van der Waals surface area contributed by atoms with Crippen molar-refractivity contribution in [1.29, 1.82) is 0 Å². The molecule has 1 N–H and O–H groups in total. The van der Waals surface area contributed by atoms with E-state index in [0.29, 0.717) is 5.71 Å². The summed E-state index contributed by atoms with van der Waals surface area (Å²) in [6.45, 7) is 3.38. The van der Waals surface area contributed by atoms with Crippen molar-refractivity contribution in [2.75, 3.05) is 6.61 Å². The molecular formula is C15H14N2O5. The summed E-state index contributed by atoms with van der Waals surface area (Å²) in [6, 6.07) is 6.07. The first-order chi connectivity index (χ1) is 10.5. The van der Waals surface area contributed by atoms with Crippen molar-refractivity contribution in [3.05, 3.63) is 57.0 Å². The van der Waals surface area contributed by atoms with Gasteiger partial charge in [-0.3, -0.25) is 10.1 Å². The van der Waals surface area contributed by atoms with Gasteiger partial charge in [-0.2, -0.15) is 0 Å². The molecule has 0 aliphatic carbocycles. The SMILES string of the molecule is CCOC(=O)C1=C(O)/C(=C\c2ccccc2[N+](=O)[O-])N=C1C. The number of nitro benzene ring substituents is 1. The van der Waals surface area contributed by atoms with E-state index in [1.165, 1.54) is 18.2 Å². The molecule has 7 heteroatoms. The van der Waals surface area contributed by atoms with Gasteiger partial charge in [0.1, 0.15) is 11.3 Å². The lowest BCUT2D eigenvalue weighted by Crippen LogP contribution is -2.13. The molecule has 0 amide bonds. The Labute approximate surface area is 126 Å². The number of rotatable bonds is 4. The predicted molar refractivity (Wildman–Crippen MR) is 80.5 cm³/mol. The molecule has 1 aromatic rings. The molecule has 0 saturated carbocycles. The lowest BCUT2D eigenvalue weighted by atomic mass is 10.1. The fraction of sp³-hybridized carbons (Fsp3) is 0.200. The quantitative estimate of drug-likeness (QED) is 0.523. The van der Waals surface area contributed by atoms with E-state index < -0.39 is 10.9 Å². The molecule has 7 nitrogen and oxygen atoms in total.